The molecule has 1 aliphatic heterocycles. The van der Waals surface area contributed by atoms with Gasteiger partial charge in [-0.2, -0.15) is 19.0 Å². The highest BCUT2D eigenvalue weighted by Gasteiger charge is 2.26. The number of hydrogen-bond donors (Lipinski definition) is 2. The van der Waals surface area contributed by atoms with Gasteiger partial charge in [-0.15, -0.1) is 0 Å². The van der Waals surface area contributed by atoms with Crippen molar-refractivity contribution in [3.05, 3.63) is 18.5 Å². The lowest BCUT2D eigenvalue weighted by molar-refractivity contribution is -0.0528. The van der Waals surface area contributed by atoms with Crippen molar-refractivity contribution in [3.8, 4) is 5.88 Å². The zero-order chi connectivity index (χ0) is 18.1. The number of nitrogens with one attached hydrogen (secondary N) is 2. The standard InChI is InChI=1S/C15H17F2N7O2/c1-8(9-2-3-25-7-9)24-14-10(5-19-24)18-6-12(21-14)20-11-4-13(23-22-11)26-15(16)17/h4-6,8-9,15H,2-3,7H2,1H3,(H2,20,21,22,23)/t8?,9-/m0/s1. The van der Waals surface area contributed by atoms with Crippen molar-refractivity contribution in [2.24, 2.45) is 5.92 Å². The first-order chi connectivity index (χ1) is 12.6. The van der Waals surface area contributed by atoms with E-state index < -0.39 is 6.61 Å². The highest BCUT2D eigenvalue weighted by molar-refractivity contribution is 5.72. The van der Waals surface area contributed by atoms with E-state index in [9.17, 15) is 8.78 Å². The van der Waals surface area contributed by atoms with Gasteiger partial charge in [0.25, 0.3) is 0 Å². The van der Waals surface area contributed by atoms with E-state index in [4.69, 9.17) is 4.74 Å². The molecule has 3 aromatic heterocycles. The molecule has 0 amide bonds. The van der Waals surface area contributed by atoms with Gasteiger partial charge in [0.15, 0.2) is 17.3 Å². The lowest BCUT2D eigenvalue weighted by Gasteiger charge is -2.18. The van der Waals surface area contributed by atoms with Gasteiger partial charge in [0.05, 0.1) is 25.0 Å². The van der Waals surface area contributed by atoms with Gasteiger partial charge in [-0.3, -0.25) is 0 Å². The van der Waals surface area contributed by atoms with Gasteiger partial charge in [0.2, 0.25) is 5.88 Å². The molecule has 0 aromatic carbocycles. The van der Waals surface area contributed by atoms with E-state index >= 15 is 0 Å². The van der Waals surface area contributed by atoms with Gasteiger partial charge in [-0.05, 0) is 13.3 Å². The van der Waals surface area contributed by atoms with E-state index in [0.717, 1.165) is 13.0 Å². The number of aromatic amines is 1. The van der Waals surface area contributed by atoms with Crippen molar-refractivity contribution in [1.29, 1.82) is 0 Å². The maximum Gasteiger partial charge on any atom is 0.388 e. The van der Waals surface area contributed by atoms with Gasteiger partial charge in [-0.1, -0.05) is 0 Å². The van der Waals surface area contributed by atoms with Crippen molar-refractivity contribution in [2.45, 2.75) is 26.0 Å². The van der Waals surface area contributed by atoms with E-state index in [2.05, 4.69) is 42.2 Å². The summed E-state index contributed by atoms with van der Waals surface area (Å²) in [6.07, 6.45) is 4.18. The molecule has 0 radical (unpaired) electrons. The maximum atomic E-state index is 12.2. The lowest BCUT2D eigenvalue weighted by atomic mass is 10.0. The molecule has 0 spiro atoms. The minimum atomic E-state index is -2.92. The number of ether oxygens (including phenoxy) is 2. The second-order valence-electron chi connectivity index (χ2n) is 6.04. The Morgan fingerprint density at radius 3 is 3.04 bits per heavy atom. The van der Waals surface area contributed by atoms with E-state index in [1.165, 1.54) is 12.3 Å². The third-order valence-electron chi connectivity index (χ3n) is 4.36. The van der Waals surface area contributed by atoms with Gasteiger partial charge >= 0.3 is 6.61 Å². The number of hydrogen-bond acceptors (Lipinski definition) is 7. The first-order valence-electron chi connectivity index (χ1n) is 8.15. The van der Waals surface area contributed by atoms with Crippen LogP contribution in [-0.2, 0) is 4.74 Å². The first kappa shape index (κ1) is 16.6. The number of halogens is 2. The Kier molecular flexibility index (Phi) is 4.37. The molecular weight excluding hydrogens is 348 g/mol. The molecule has 0 aliphatic carbocycles. The minimum Gasteiger partial charge on any atom is -0.417 e. The average molecular weight is 365 g/mol. The van der Waals surface area contributed by atoms with E-state index in [1.54, 1.807) is 6.20 Å². The maximum absolute atomic E-state index is 12.2. The smallest absolute Gasteiger partial charge is 0.388 e. The molecule has 3 aromatic rings. The molecule has 26 heavy (non-hydrogen) atoms. The summed E-state index contributed by atoms with van der Waals surface area (Å²) in [7, 11) is 0. The third-order valence-corrected chi connectivity index (χ3v) is 4.36. The van der Waals surface area contributed by atoms with Crippen LogP contribution >= 0.6 is 0 Å². The Labute approximate surface area is 146 Å². The van der Waals surface area contributed by atoms with Crippen molar-refractivity contribution < 1.29 is 18.3 Å². The van der Waals surface area contributed by atoms with Crippen LogP contribution in [0.5, 0.6) is 5.88 Å². The normalized spacial score (nSPS) is 18.5. The van der Waals surface area contributed by atoms with Crippen molar-refractivity contribution in [2.75, 3.05) is 18.5 Å². The molecule has 1 fully saturated rings. The SMILES string of the molecule is CC([C@H]1CCOC1)n1ncc2ncc(Nc3cc(OC(F)F)[nH]n3)nc21. The molecule has 4 rings (SSSR count). The molecular formula is C15H17F2N7O2. The summed E-state index contributed by atoms with van der Waals surface area (Å²) in [4.78, 5) is 8.87. The molecule has 0 saturated carbocycles. The van der Waals surface area contributed by atoms with Crippen LogP contribution in [0.15, 0.2) is 18.5 Å². The third kappa shape index (κ3) is 3.29. The molecule has 9 nitrogen and oxygen atoms in total. The molecule has 1 saturated heterocycles. The van der Waals surface area contributed by atoms with Crippen LogP contribution in [0.4, 0.5) is 20.4 Å². The molecule has 11 heteroatoms. The zero-order valence-electron chi connectivity index (χ0n) is 13.9. The number of fused-ring (bicyclic) bond motifs is 1. The predicted octanol–water partition coefficient (Wildman–Crippen LogP) is 2.49. The Morgan fingerprint density at radius 2 is 2.27 bits per heavy atom. The Morgan fingerprint density at radius 1 is 1.38 bits per heavy atom. The number of rotatable bonds is 6. The topological polar surface area (TPSA) is 103 Å². The molecule has 4 heterocycles. The molecule has 2 atom stereocenters. The van der Waals surface area contributed by atoms with Gasteiger partial charge < -0.3 is 14.8 Å². The number of alkyl halides is 2. The van der Waals surface area contributed by atoms with Crippen molar-refractivity contribution in [3.63, 3.8) is 0 Å². The summed E-state index contributed by atoms with van der Waals surface area (Å²) < 4.78 is 36.0. The van der Waals surface area contributed by atoms with Crippen LogP contribution in [0.3, 0.4) is 0 Å². The number of nitrogens with zero attached hydrogens (tertiary/aromatic N) is 5. The van der Waals surface area contributed by atoms with Gasteiger partial charge in [-0.25, -0.2) is 19.7 Å². The second kappa shape index (κ2) is 6.83. The van der Waals surface area contributed by atoms with Crippen LogP contribution in [0.2, 0.25) is 0 Å². The predicted molar refractivity (Wildman–Crippen MR) is 87.5 cm³/mol. The number of H-pyrrole nitrogens is 1. The fourth-order valence-corrected chi connectivity index (χ4v) is 2.97. The van der Waals surface area contributed by atoms with Crippen LogP contribution in [0.25, 0.3) is 11.2 Å². The van der Waals surface area contributed by atoms with Crippen LogP contribution in [-0.4, -0.2) is 49.8 Å². The van der Waals surface area contributed by atoms with E-state index in [-0.39, 0.29) is 17.7 Å². The molecule has 1 unspecified atom stereocenters. The van der Waals surface area contributed by atoms with Crippen LogP contribution in [0.1, 0.15) is 19.4 Å². The molecule has 2 N–H and O–H groups in total. The van der Waals surface area contributed by atoms with Crippen LogP contribution < -0.4 is 10.1 Å². The monoisotopic (exact) mass is 365 g/mol. The van der Waals surface area contributed by atoms with E-state index in [0.29, 0.717) is 29.5 Å². The van der Waals surface area contributed by atoms with Gasteiger partial charge in [0.1, 0.15) is 5.52 Å². The quantitative estimate of drug-likeness (QED) is 0.692. The van der Waals surface area contributed by atoms with E-state index in [1.807, 2.05) is 4.68 Å². The fraction of sp³-hybridized carbons (Fsp3) is 0.467. The van der Waals surface area contributed by atoms with Crippen LogP contribution in [0, 0.1) is 5.92 Å². The number of aromatic nitrogens is 6. The van der Waals surface area contributed by atoms with Crippen molar-refractivity contribution >= 4 is 22.8 Å². The Bertz CT molecular complexity index is 891. The zero-order valence-corrected chi connectivity index (χ0v) is 13.9. The summed E-state index contributed by atoms with van der Waals surface area (Å²) in [6, 6.07) is 1.43. The van der Waals surface area contributed by atoms with Gasteiger partial charge in [0, 0.05) is 18.6 Å². The summed E-state index contributed by atoms with van der Waals surface area (Å²) in [6.45, 7) is 0.618. The summed E-state index contributed by atoms with van der Waals surface area (Å²) >= 11 is 0. The second-order valence-corrected chi connectivity index (χ2v) is 6.04. The summed E-state index contributed by atoms with van der Waals surface area (Å²) in [5, 5.41) is 13.5. The summed E-state index contributed by atoms with van der Waals surface area (Å²) in [5.41, 5.74) is 1.30. The average Bonchev–Trinajstić information content (AvgIpc) is 3.34. The number of anilines is 2. The highest BCUT2D eigenvalue weighted by atomic mass is 19.3. The summed E-state index contributed by atoms with van der Waals surface area (Å²) in [5.74, 6) is 0.940. The minimum absolute atomic E-state index is 0.121. The molecule has 138 valence electrons. The Balaban J connectivity index is 1.56. The largest absolute Gasteiger partial charge is 0.417 e. The van der Waals surface area contributed by atoms with Crippen molar-refractivity contribution in [1.82, 2.24) is 29.9 Å². The first-order valence-corrected chi connectivity index (χ1v) is 8.15. The lowest BCUT2D eigenvalue weighted by Crippen LogP contribution is -2.18. The Hall–Kier alpha value is -2.82. The molecule has 1 aliphatic rings. The highest BCUT2D eigenvalue weighted by Crippen LogP contribution is 2.28. The fourth-order valence-electron chi connectivity index (χ4n) is 2.97. The molecule has 0 bridgehead atoms.